The third kappa shape index (κ3) is 5.10. The van der Waals surface area contributed by atoms with Gasteiger partial charge in [-0.05, 0) is 61.2 Å². The molecule has 7 heteroatoms. The zero-order valence-corrected chi connectivity index (χ0v) is 21.2. The second-order valence-electron chi connectivity index (χ2n) is 9.22. The number of imidazole rings is 1. The number of aromatic nitrogens is 3. The van der Waals surface area contributed by atoms with Gasteiger partial charge in [-0.25, -0.2) is 4.98 Å². The van der Waals surface area contributed by atoms with Crippen LogP contribution in [0, 0.1) is 12.8 Å². The van der Waals surface area contributed by atoms with Gasteiger partial charge in [0.05, 0.1) is 22.6 Å². The lowest BCUT2D eigenvalue weighted by Gasteiger charge is -2.28. The molecule has 2 aromatic carbocycles. The minimum atomic E-state index is -0.730. The first kappa shape index (κ1) is 23.5. The van der Waals surface area contributed by atoms with Crippen molar-refractivity contribution in [3.05, 3.63) is 87.9 Å². The predicted molar refractivity (Wildman–Crippen MR) is 139 cm³/mol. The molecule has 0 aliphatic heterocycles. The highest BCUT2D eigenvalue weighted by molar-refractivity contribution is 9.10. The highest BCUT2D eigenvalue weighted by Crippen LogP contribution is 2.39. The third-order valence-corrected chi connectivity index (χ3v) is 7.44. The SMILES string of the molecule is Cc1cccnc1COc1ccc2nc([C@H]3CCCC[C@@H]3C(=O)O)n(Cc3ccc(Br)cc3)c2c1. The largest absolute Gasteiger partial charge is 0.487 e. The van der Waals surface area contributed by atoms with Crippen LogP contribution in [0.5, 0.6) is 5.75 Å². The molecule has 1 N–H and O–H groups in total. The average Bonchev–Trinajstić information content (AvgIpc) is 3.22. The Kier molecular flexibility index (Phi) is 6.86. The molecule has 0 bridgehead atoms. The summed E-state index contributed by atoms with van der Waals surface area (Å²) in [7, 11) is 0. The van der Waals surface area contributed by atoms with E-state index in [1.165, 1.54) is 0 Å². The first-order chi connectivity index (χ1) is 17.0. The van der Waals surface area contributed by atoms with Gasteiger partial charge in [0.15, 0.2) is 0 Å². The minimum Gasteiger partial charge on any atom is -0.487 e. The van der Waals surface area contributed by atoms with Crippen molar-refractivity contribution in [1.29, 1.82) is 0 Å². The first-order valence-corrected chi connectivity index (χ1v) is 12.8. The number of carboxylic acid groups (broad SMARTS) is 1. The predicted octanol–water partition coefficient (Wildman–Crippen LogP) is 6.49. The summed E-state index contributed by atoms with van der Waals surface area (Å²) in [5.41, 5.74) is 4.93. The van der Waals surface area contributed by atoms with Crippen LogP contribution in [-0.4, -0.2) is 25.6 Å². The third-order valence-electron chi connectivity index (χ3n) is 6.91. The van der Waals surface area contributed by atoms with Crippen LogP contribution in [0.4, 0.5) is 0 Å². The van der Waals surface area contributed by atoms with E-state index < -0.39 is 11.9 Å². The fourth-order valence-corrected chi connectivity index (χ4v) is 5.25. The molecule has 0 saturated heterocycles. The van der Waals surface area contributed by atoms with E-state index in [2.05, 4.69) is 37.6 Å². The maximum Gasteiger partial charge on any atom is 0.307 e. The van der Waals surface area contributed by atoms with E-state index in [4.69, 9.17) is 9.72 Å². The van der Waals surface area contributed by atoms with Gasteiger partial charge in [0.1, 0.15) is 18.2 Å². The van der Waals surface area contributed by atoms with Crippen molar-refractivity contribution in [3.8, 4) is 5.75 Å². The molecule has 1 aliphatic carbocycles. The molecule has 180 valence electrons. The van der Waals surface area contributed by atoms with Gasteiger partial charge < -0.3 is 14.4 Å². The number of aliphatic carboxylic acids is 1. The van der Waals surface area contributed by atoms with Crippen molar-refractivity contribution in [2.75, 3.05) is 0 Å². The molecule has 0 spiro atoms. The average molecular weight is 534 g/mol. The fourth-order valence-electron chi connectivity index (χ4n) is 4.99. The molecule has 1 fully saturated rings. The number of carbonyl (C=O) groups is 1. The molecule has 35 heavy (non-hydrogen) atoms. The van der Waals surface area contributed by atoms with Crippen LogP contribution in [0.2, 0.25) is 0 Å². The smallest absolute Gasteiger partial charge is 0.307 e. The quantitative estimate of drug-likeness (QED) is 0.293. The molecule has 2 atom stereocenters. The van der Waals surface area contributed by atoms with Gasteiger partial charge in [-0.2, -0.15) is 0 Å². The van der Waals surface area contributed by atoms with Crippen LogP contribution in [0.1, 0.15) is 54.2 Å². The molecule has 2 heterocycles. The van der Waals surface area contributed by atoms with E-state index in [1.54, 1.807) is 6.20 Å². The van der Waals surface area contributed by atoms with Crippen molar-refractivity contribution >= 4 is 32.9 Å². The van der Waals surface area contributed by atoms with Gasteiger partial charge >= 0.3 is 5.97 Å². The van der Waals surface area contributed by atoms with Gasteiger partial charge in [-0.1, -0.05) is 47.0 Å². The topological polar surface area (TPSA) is 77.2 Å². The van der Waals surface area contributed by atoms with Crippen molar-refractivity contribution in [2.24, 2.45) is 5.92 Å². The summed E-state index contributed by atoms with van der Waals surface area (Å²) in [6.07, 6.45) is 5.28. The highest BCUT2D eigenvalue weighted by atomic mass is 79.9. The summed E-state index contributed by atoms with van der Waals surface area (Å²) in [6, 6.07) is 18.1. The molecule has 0 unspecified atom stereocenters. The number of nitrogens with zero attached hydrogens (tertiary/aromatic N) is 3. The number of hydrogen-bond acceptors (Lipinski definition) is 4. The van der Waals surface area contributed by atoms with E-state index in [1.807, 2.05) is 49.4 Å². The number of benzene rings is 2. The Balaban J connectivity index is 1.54. The Labute approximate surface area is 213 Å². The summed E-state index contributed by atoms with van der Waals surface area (Å²) in [5.74, 6) is 0.348. The number of pyridine rings is 1. The molecule has 0 radical (unpaired) electrons. The fraction of sp³-hybridized carbons (Fsp3) is 0.321. The van der Waals surface area contributed by atoms with Crippen LogP contribution in [0.15, 0.2) is 65.3 Å². The van der Waals surface area contributed by atoms with Gasteiger partial charge in [0, 0.05) is 29.2 Å². The summed E-state index contributed by atoms with van der Waals surface area (Å²) in [6.45, 7) is 3.03. The monoisotopic (exact) mass is 533 g/mol. The van der Waals surface area contributed by atoms with E-state index in [0.717, 1.165) is 63.2 Å². The zero-order valence-electron chi connectivity index (χ0n) is 19.7. The molecule has 1 saturated carbocycles. The van der Waals surface area contributed by atoms with E-state index in [9.17, 15) is 9.90 Å². The van der Waals surface area contributed by atoms with Crippen LogP contribution in [0.3, 0.4) is 0 Å². The molecular formula is C28H28BrN3O3. The van der Waals surface area contributed by atoms with Crippen LogP contribution < -0.4 is 4.74 Å². The van der Waals surface area contributed by atoms with Gasteiger partial charge in [-0.3, -0.25) is 9.78 Å². The van der Waals surface area contributed by atoms with Crippen LogP contribution >= 0.6 is 15.9 Å². The molecule has 2 aromatic heterocycles. The summed E-state index contributed by atoms with van der Waals surface area (Å²) >= 11 is 3.51. The Morgan fingerprint density at radius 3 is 2.71 bits per heavy atom. The van der Waals surface area contributed by atoms with Gasteiger partial charge in [0.25, 0.3) is 0 Å². The van der Waals surface area contributed by atoms with Crippen molar-refractivity contribution in [2.45, 2.75) is 51.7 Å². The Morgan fingerprint density at radius 2 is 1.94 bits per heavy atom. The number of ether oxygens (including phenoxy) is 1. The standard InChI is InChI=1S/C28H28BrN3O3/c1-18-5-4-14-30-25(18)17-35-21-12-13-24-26(15-21)32(16-19-8-10-20(29)11-9-19)27(31-24)22-6-2-3-7-23(22)28(33)34/h4-5,8-15,22-23H,2-3,6-7,16-17H2,1H3,(H,33,34)/t22-,23-/m0/s1. The maximum atomic E-state index is 12.1. The zero-order chi connectivity index (χ0) is 24.4. The normalized spacial score (nSPS) is 18.0. The second kappa shape index (κ2) is 10.2. The van der Waals surface area contributed by atoms with E-state index in [-0.39, 0.29) is 5.92 Å². The van der Waals surface area contributed by atoms with Crippen LogP contribution in [-0.2, 0) is 17.9 Å². The highest BCUT2D eigenvalue weighted by Gasteiger charge is 2.35. The number of halogens is 1. The lowest BCUT2D eigenvalue weighted by molar-refractivity contribution is -0.143. The first-order valence-electron chi connectivity index (χ1n) is 12.0. The molecule has 1 aliphatic rings. The molecule has 5 rings (SSSR count). The second-order valence-corrected chi connectivity index (χ2v) is 10.1. The minimum absolute atomic E-state index is 0.107. The Hall–Kier alpha value is -3.19. The number of rotatable bonds is 7. The lowest BCUT2D eigenvalue weighted by Crippen LogP contribution is -2.27. The number of fused-ring (bicyclic) bond motifs is 1. The number of aryl methyl sites for hydroxylation is 1. The Bertz CT molecular complexity index is 1350. The molecular weight excluding hydrogens is 506 g/mol. The van der Waals surface area contributed by atoms with Crippen molar-refractivity contribution < 1.29 is 14.6 Å². The lowest BCUT2D eigenvalue weighted by atomic mass is 9.78. The number of carboxylic acids is 1. The van der Waals surface area contributed by atoms with E-state index in [0.29, 0.717) is 19.6 Å². The van der Waals surface area contributed by atoms with Gasteiger partial charge in [-0.15, -0.1) is 0 Å². The van der Waals surface area contributed by atoms with Crippen LogP contribution in [0.25, 0.3) is 11.0 Å². The summed E-state index contributed by atoms with van der Waals surface area (Å²) < 4.78 is 9.32. The maximum absolute atomic E-state index is 12.1. The van der Waals surface area contributed by atoms with E-state index >= 15 is 0 Å². The van der Waals surface area contributed by atoms with Crippen molar-refractivity contribution in [3.63, 3.8) is 0 Å². The van der Waals surface area contributed by atoms with Crippen molar-refractivity contribution in [1.82, 2.24) is 14.5 Å². The number of hydrogen-bond donors (Lipinski definition) is 1. The van der Waals surface area contributed by atoms with Gasteiger partial charge in [0.2, 0.25) is 0 Å². The molecule has 0 amide bonds. The molecule has 6 nitrogen and oxygen atoms in total. The summed E-state index contributed by atoms with van der Waals surface area (Å²) in [5, 5.41) is 9.93. The summed E-state index contributed by atoms with van der Waals surface area (Å²) in [4.78, 5) is 21.5. The Morgan fingerprint density at radius 1 is 1.14 bits per heavy atom. The molecule has 4 aromatic rings.